The van der Waals surface area contributed by atoms with E-state index in [9.17, 15) is 0 Å². The van der Waals surface area contributed by atoms with Crippen molar-refractivity contribution in [3.8, 4) is 11.5 Å². The lowest BCUT2D eigenvalue weighted by Gasteiger charge is -2.24. The van der Waals surface area contributed by atoms with E-state index in [4.69, 9.17) is 30.5 Å². The molecule has 1 aliphatic heterocycles. The van der Waals surface area contributed by atoms with Gasteiger partial charge in [0, 0.05) is 6.54 Å². The minimum absolute atomic E-state index is 0.269. The number of hydrogen-bond donors (Lipinski definition) is 1. The summed E-state index contributed by atoms with van der Waals surface area (Å²) < 4.78 is 21.7. The molecular formula is C19H18N2O4S. The largest absolute Gasteiger partial charge is 0.467 e. The lowest BCUT2D eigenvalue weighted by molar-refractivity contribution is 0.174. The number of benzene rings is 1. The number of furan rings is 2. The van der Waals surface area contributed by atoms with Crippen LogP contribution in [-0.2, 0) is 19.6 Å². The van der Waals surface area contributed by atoms with Crippen LogP contribution in [-0.4, -0.2) is 16.8 Å². The second-order valence-electron chi connectivity index (χ2n) is 5.86. The first-order chi connectivity index (χ1) is 12.8. The summed E-state index contributed by atoms with van der Waals surface area (Å²) >= 11 is 5.60. The van der Waals surface area contributed by atoms with E-state index in [2.05, 4.69) is 5.32 Å². The van der Waals surface area contributed by atoms with Crippen molar-refractivity contribution in [3.05, 3.63) is 72.1 Å². The van der Waals surface area contributed by atoms with Gasteiger partial charge in [0.25, 0.3) is 0 Å². The summed E-state index contributed by atoms with van der Waals surface area (Å²) in [6.45, 7) is 1.97. The van der Waals surface area contributed by atoms with Crippen molar-refractivity contribution in [3.63, 3.8) is 0 Å². The Labute approximate surface area is 156 Å². The minimum atomic E-state index is 0.269. The predicted molar refractivity (Wildman–Crippen MR) is 98.7 cm³/mol. The van der Waals surface area contributed by atoms with E-state index in [-0.39, 0.29) is 6.79 Å². The number of ether oxygens (including phenoxy) is 2. The minimum Gasteiger partial charge on any atom is -0.467 e. The lowest BCUT2D eigenvalue weighted by atomic mass is 10.2. The zero-order valence-corrected chi connectivity index (χ0v) is 14.8. The molecule has 0 saturated heterocycles. The van der Waals surface area contributed by atoms with Gasteiger partial charge in [-0.1, -0.05) is 6.07 Å². The van der Waals surface area contributed by atoms with E-state index in [0.717, 1.165) is 28.6 Å². The molecule has 1 N–H and O–H groups in total. The molecule has 0 amide bonds. The second-order valence-corrected chi connectivity index (χ2v) is 6.25. The molecule has 3 aromatic rings. The Morgan fingerprint density at radius 2 is 1.65 bits per heavy atom. The molecule has 6 nitrogen and oxygen atoms in total. The van der Waals surface area contributed by atoms with Crippen molar-refractivity contribution in [1.82, 2.24) is 10.2 Å². The number of nitrogens with one attached hydrogen (secondary N) is 1. The Morgan fingerprint density at radius 3 is 2.31 bits per heavy atom. The molecule has 0 unspecified atom stereocenters. The highest BCUT2D eigenvalue weighted by Crippen LogP contribution is 2.32. The lowest BCUT2D eigenvalue weighted by Crippen LogP contribution is -2.38. The summed E-state index contributed by atoms with van der Waals surface area (Å²) in [6.07, 6.45) is 3.31. The fourth-order valence-electron chi connectivity index (χ4n) is 2.72. The smallest absolute Gasteiger partial charge is 0.231 e. The van der Waals surface area contributed by atoms with E-state index in [0.29, 0.717) is 24.7 Å². The van der Waals surface area contributed by atoms with Gasteiger partial charge >= 0.3 is 0 Å². The van der Waals surface area contributed by atoms with Crippen LogP contribution in [0, 0.1) is 0 Å². The van der Waals surface area contributed by atoms with Crippen molar-refractivity contribution in [2.75, 3.05) is 6.79 Å². The van der Waals surface area contributed by atoms with Gasteiger partial charge in [0.15, 0.2) is 16.6 Å². The first-order valence-corrected chi connectivity index (χ1v) is 8.65. The van der Waals surface area contributed by atoms with Crippen LogP contribution in [0.4, 0.5) is 0 Å². The summed E-state index contributed by atoms with van der Waals surface area (Å²) in [5.41, 5.74) is 1.06. The normalized spacial score (nSPS) is 12.2. The van der Waals surface area contributed by atoms with Gasteiger partial charge in [-0.2, -0.15) is 0 Å². The maximum absolute atomic E-state index is 5.60. The highest BCUT2D eigenvalue weighted by atomic mass is 32.1. The van der Waals surface area contributed by atoms with E-state index < -0.39 is 0 Å². The zero-order valence-electron chi connectivity index (χ0n) is 14.0. The molecule has 26 heavy (non-hydrogen) atoms. The number of hydrogen-bond acceptors (Lipinski definition) is 5. The molecule has 2 aromatic heterocycles. The van der Waals surface area contributed by atoms with Gasteiger partial charge in [-0.25, -0.2) is 0 Å². The maximum Gasteiger partial charge on any atom is 0.231 e. The van der Waals surface area contributed by atoms with Crippen LogP contribution < -0.4 is 14.8 Å². The number of thiocarbonyl (C=S) groups is 1. The standard InChI is InChI=1S/C19H18N2O4S/c26-19(20-10-14-5-6-17-18(9-14)25-13-24-17)21(11-15-3-1-7-22-15)12-16-4-2-8-23-16/h1-9H,10-13H2,(H,20,26). The fourth-order valence-corrected chi connectivity index (χ4v) is 2.92. The molecule has 0 saturated carbocycles. The van der Waals surface area contributed by atoms with E-state index in [1.54, 1.807) is 12.5 Å². The Balaban J connectivity index is 1.41. The molecule has 0 aliphatic carbocycles. The van der Waals surface area contributed by atoms with Crippen molar-refractivity contribution >= 4 is 17.3 Å². The van der Waals surface area contributed by atoms with Crippen molar-refractivity contribution in [2.24, 2.45) is 0 Å². The second kappa shape index (κ2) is 7.53. The maximum atomic E-state index is 5.60. The van der Waals surface area contributed by atoms with Crippen molar-refractivity contribution in [1.29, 1.82) is 0 Å². The van der Waals surface area contributed by atoms with E-state index >= 15 is 0 Å². The van der Waals surface area contributed by atoms with Gasteiger partial charge in [0.2, 0.25) is 6.79 Å². The molecule has 0 fully saturated rings. The zero-order chi connectivity index (χ0) is 17.8. The van der Waals surface area contributed by atoms with Crippen molar-refractivity contribution < 1.29 is 18.3 Å². The first kappa shape index (κ1) is 16.5. The quantitative estimate of drug-likeness (QED) is 0.664. The SMILES string of the molecule is S=C(NCc1ccc2c(c1)OCO2)N(Cc1ccco1)Cc1ccco1. The van der Waals surface area contributed by atoms with E-state index in [1.807, 2.05) is 47.4 Å². The molecule has 0 atom stereocenters. The van der Waals surface area contributed by atoms with Crippen molar-refractivity contribution in [2.45, 2.75) is 19.6 Å². The van der Waals surface area contributed by atoms with Crippen LogP contribution >= 0.6 is 12.2 Å². The highest BCUT2D eigenvalue weighted by molar-refractivity contribution is 7.80. The molecule has 3 heterocycles. The fraction of sp³-hybridized carbons (Fsp3) is 0.211. The van der Waals surface area contributed by atoms with E-state index in [1.165, 1.54) is 0 Å². The molecule has 0 radical (unpaired) electrons. The molecule has 1 aromatic carbocycles. The molecular weight excluding hydrogens is 352 g/mol. The van der Waals surface area contributed by atoms with Gasteiger partial charge in [0.1, 0.15) is 11.5 Å². The first-order valence-electron chi connectivity index (χ1n) is 8.24. The molecule has 1 aliphatic rings. The summed E-state index contributed by atoms with van der Waals surface area (Å²) in [7, 11) is 0. The third-order valence-corrected chi connectivity index (χ3v) is 4.42. The van der Waals surface area contributed by atoms with Crippen LogP contribution in [0.25, 0.3) is 0 Å². The number of nitrogens with zero attached hydrogens (tertiary/aromatic N) is 1. The van der Waals surface area contributed by atoms with Gasteiger partial charge in [-0.05, 0) is 54.2 Å². The van der Waals surface area contributed by atoms with Crippen LogP contribution in [0.1, 0.15) is 17.1 Å². The molecule has 4 rings (SSSR count). The highest BCUT2D eigenvalue weighted by Gasteiger charge is 2.16. The molecule has 134 valence electrons. The summed E-state index contributed by atoms with van der Waals surface area (Å²) in [5.74, 6) is 3.21. The third kappa shape index (κ3) is 3.83. The molecule has 0 spiro atoms. The van der Waals surface area contributed by atoms with Gasteiger partial charge in [-0.3, -0.25) is 0 Å². The average molecular weight is 370 g/mol. The van der Waals surface area contributed by atoms with Gasteiger partial charge in [-0.15, -0.1) is 0 Å². The number of fused-ring (bicyclic) bond motifs is 1. The predicted octanol–water partition coefficient (Wildman–Crippen LogP) is 3.68. The number of rotatable bonds is 6. The monoisotopic (exact) mass is 370 g/mol. The summed E-state index contributed by atoms with van der Waals surface area (Å²) in [4.78, 5) is 2.00. The summed E-state index contributed by atoms with van der Waals surface area (Å²) in [5, 5.41) is 3.91. The molecule has 7 heteroatoms. The Kier molecular flexibility index (Phi) is 4.79. The van der Waals surface area contributed by atoms with Crippen LogP contribution in [0.3, 0.4) is 0 Å². The summed E-state index contributed by atoms with van der Waals surface area (Å²) in [6, 6.07) is 13.4. The Bertz CT molecular complexity index is 826. The van der Waals surface area contributed by atoms with Crippen LogP contribution in [0.15, 0.2) is 63.8 Å². The Hall–Kier alpha value is -2.93. The topological polar surface area (TPSA) is 60.0 Å². The van der Waals surface area contributed by atoms with Gasteiger partial charge < -0.3 is 28.5 Å². The van der Waals surface area contributed by atoms with Crippen LogP contribution in [0.2, 0.25) is 0 Å². The van der Waals surface area contributed by atoms with Crippen LogP contribution in [0.5, 0.6) is 11.5 Å². The third-order valence-electron chi connectivity index (χ3n) is 4.02. The van der Waals surface area contributed by atoms with Gasteiger partial charge in [0.05, 0.1) is 25.6 Å². The Morgan fingerprint density at radius 1 is 0.962 bits per heavy atom. The molecule has 0 bridgehead atoms. The average Bonchev–Trinajstić information content (AvgIpc) is 3.40.